The van der Waals surface area contributed by atoms with Gasteiger partial charge in [0.05, 0.1) is 12.4 Å². The summed E-state index contributed by atoms with van der Waals surface area (Å²) in [7, 11) is 2.17. The van der Waals surface area contributed by atoms with E-state index in [0.29, 0.717) is 23.5 Å². The molecule has 0 aromatic carbocycles. The first-order valence-corrected chi connectivity index (χ1v) is 7.40. The minimum absolute atomic E-state index is 0.330. The third kappa shape index (κ3) is 2.84. The third-order valence-electron chi connectivity index (χ3n) is 4.24. The van der Waals surface area contributed by atoms with Crippen molar-refractivity contribution < 1.29 is 4.74 Å². The van der Waals surface area contributed by atoms with Gasteiger partial charge in [-0.25, -0.2) is 15.0 Å². The Balaban J connectivity index is 1.58. The van der Waals surface area contributed by atoms with Crippen molar-refractivity contribution in [1.82, 2.24) is 24.4 Å². The largest absolute Gasteiger partial charge is 0.382 e. The van der Waals surface area contributed by atoms with Gasteiger partial charge < -0.3 is 19.9 Å². The van der Waals surface area contributed by atoms with E-state index in [-0.39, 0.29) is 0 Å². The van der Waals surface area contributed by atoms with Crippen molar-refractivity contribution in [3.63, 3.8) is 0 Å². The predicted molar refractivity (Wildman–Crippen MR) is 80.8 cm³/mol. The molecule has 0 aliphatic carbocycles. The first-order chi connectivity index (χ1) is 10.2. The normalized spacial score (nSPS) is 22.4. The summed E-state index contributed by atoms with van der Waals surface area (Å²) >= 11 is 0. The number of imidazole rings is 1. The Labute approximate surface area is 124 Å². The Morgan fingerprint density at radius 1 is 1.43 bits per heavy atom. The van der Waals surface area contributed by atoms with Gasteiger partial charge in [-0.05, 0) is 33.4 Å². The number of aryl methyl sites for hydroxylation is 1. The van der Waals surface area contributed by atoms with Crippen molar-refractivity contribution >= 4 is 17.0 Å². The number of hydrogen-bond acceptors (Lipinski definition) is 6. The van der Waals surface area contributed by atoms with Crippen molar-refractivity contribution in [2.75, 3.05) is 25.9 Å². The number of rotatable bonds is 5. The molecule has 21 heavy (non-hydrogen) atoms. The zero-order valence-electron chi connectivity index (χ0n) is 12.6. The van der Waals surface area contributed by atoms with E-state index < -0.39 is 0 Å². The second-order valence-corrected chi connectivity index (χ2v) is 5.64. The van der Waals surface area contributed by atoms with Crippen LogP contribution in [0.2, 0.25) is 0 Å². The minimum atomic E-state index is 0.330. The topological polar surface area (TPSA) is 82.1 Å². The Morgan fingerprint density at radius 3 is 3.05 bits per heavy atom. The molecule has 2 aromatic rings. The summed E-state index contributed by atoms with van der Waals surface area (Å²) in [6, 6.07) is 0.530. The molecule has 2 N–H and O–H groups in total. The molecular formula is C14H22N6O. The van der Waals surface area contributed by atoms with Crippen LogP contribution < -0.4 is 5.73 Å². The van der Waals surface area contributed by atoms with Gasteiger partial charge in [0, 0.05) is 19.2 Å². The fourth-order valence-electron chi connectivity index (χ4n) is 3.02. The van der Waals surface area contributed by atoms with Crippen LogP contribution in [0.1, 0.15) is 19.8 Å². The van der Waals surface area contributed by atoms with Gasteiger partial charge in [0.15, 0.2) is 11.5 Å². The highest BCUT2D eigenvalue weighted by Gasteiger charge is 2.27. The van der Waals surface area contributed by atoms with Crippen LogP contribution in [-0.2, 0) is 11.3 Å². The maximum absolute atomic E-state index is 5.80. The van der Waals surface area contributed by atoms with E-state index in [4.69, 9.17) is 10.5 Å². The molecule has 0 amide bonds. The summed E-state index contributed by atoms with van der Waals surface area (Å²) in [6.07, 6.45) is 5.76. The number of nitrogens with zero attached hydrogens (tertiary/aromatic N) is 5. The SMILES string of the molecule is CC1OCCC1N(C)CCCn1cnc2c(N)ncnc21. The van der Waals surface area contributed by atoms with Crippen LogP contribution in [0, 0.1) is 0 Å². The summed E-state index contributed by atoms with van der Waals surface area (Å²) in [5, 5.41) is 0. The van der Waals surface area contributed by atoms with Crippen LogP contribution in [0.3, 0.4) is 0 Å². The maximum Gasteiger partial charge on any atom is 0.165 e. The maximum atomic E-state index is 5.80. The smallest absolute Gasteiger partial charge is 0.165 e. The van der Waals surface area contributed by atoms with Crippen LogP contribution in [0.25, 0.3) is 11.2 Å². The fraction of sp³-hybridized carbons (Fsp3) is 0.643. The quantitative estimate of drug-likeness (QED) is 0.881. The van der Waals surface area contributed by atoms with Gasteiger partial charge in [-0.2, -0.15) is 0 Å². The highest BCUT2D eigenvalue weighted by Crippen LogP contribution is 2.19. The van der Waals surface area contributed by atoms with Crippen LogP contribution in [0.15, 0.2) is 12.7 Å². The van der Waals surface area contributed by atoms with Gasteiger partial charge >= 0.3 is 0 Å². The Kier molecular flexibility index (Phi) is 4.03. The molecule has 7 heteroatoms. The summed E-state index contributed by atoms with van der Waals surface area (Å²) in [6.45, 7) is 4.92. The number of nitrogens with two attached hydrogens (primary N) is 1. The molecule has 1 saturated heterocycles. The number of aromatic nitrogens is 4. The molecule has 2 unspecified atom stereocenters. The molecule has 0 spiro atoms. The molecule has 114 valence electrons. The van der Waals surface area contributed by atoms with E-state index in [0.717, 1.165) is 38.2 Å². The number of nitrogen functional groups attached to an aromatic ring is 1. The van der Waals surface area contributed by atoms with Crippen molar-refractivity contribution in [3.05, 3.63) is 12.7 Å². The summed E-state index contributed by atoms with van der Waals surface area (Å²) in [4.78, 5) is 14.9. The second kappa shape index (κ2) is 5.95. The zero-order valence-corrected chi connectivity index (χ0v) is 12.6. The Hall–Kier alpha value is -1.73. The van der Waals surface area contributed by atoms with Gasteiger partial charge in [0.25, 0.3) is 0 Å². The number of fused-ring (bicyclic) bond motifs is 1. The third-order valence-corrected chi connectivity index (χ3v) is 4.24. The average Bonchev–Trinajstić information content (AvgIpc) is 3.06. The number of likely N-dealkylation sites (N-methyl/N-ethyl adjacent to an activating group) is 1. The van der Waals surface area contributed by atoms with Crippen molar-refractivity contribution in [1.29, 1.82) is 0 Å². The molecule has 1 aliphatic rings. The average molecular weight is 290 g/mol. The summed E-state index contributed by atoms with van der Waals surface area (Å²) in [5.41, 5.74) is 7.29. The fourth-order valence-corrected chi connectivity index (χ4v) is 3.02. The van der Waals surface area contributed by atoms with Crippen molar-refractivity contribution in [3.8, 4) is 0 Å². The highest BCUT2D eigenvalue weighted by molar-refractivity contribution is 5.80. The summed E-state index contributed by atoms with van der Waals surface area (Å²) < 4.78 is 7.66. The standard InChI is InChI=1S/C14H22N6O/c1-10-11(4-7-21-10)19(2)5-3-6-20-9-18-12-13(15)16-8-17-14(12)20/h8-11H,3-7H2,1-2H3,(H2,15,16,17). The Bertz CT molecular complexity index is 613. The van der Waals surface area contributed by atoms with Crippen LogP contribution in [-0.4, -0.2) is 56.8 Å². The molecule has 0 bridgehead atoms. The summed E-state index contributed by atoms with van der Waals surface area (Å²) in [5.74, 6) is 0.438. The van der Waals surface area contributed by atoms with E-state index in [1.54, 1.807) is 6.33 Å². The van der Waals surface area contributed by atoms with Gasteiger partial charge in [0.2, 0.25) is 0 Å². The second-order valence-electron chi connectivity index (χ2n) is 5.64. The Morgan fingerprint density at radius 2 is 2.29 bits per heavy atom. The molecule has 7 nitrogen and oxygen atoms in total. The van der Waals surface area contributed by atoms with Crippen molar-refractivity contribution in [2.24, 2.45) is 0 Å². The van der Waals surface area contributed by atoms with Gasteiger partial charge in [0.1, 0.15) is 11.8 Å². The molecule has 2 atom stereocenters. The van der Waals surface area contributed by atoms with Gasteiger partial charge in [-0.15, -0.1) is 0 Å². The van der Waals surface area contributed by atoms with Crippen LogP contribution in [0.5, 0.6) is 0 Å². The monoisotopic (exact) mass is 290 g/mol. The lowest BCUT2D eigenvalue weighted by molar-refractivity contribution is 0.0830. The molecule has 2 aromatic heterocycles. The lowest BCUT2D eigenvalue weighted by Gasteiger charge is -2.26. The van der Waals surface area contributed by atoms with E-state index in [2.05, 4.69) is 33.8 Å². The van der Waals surface area contributed by atoms with Crippen molar-refractivity contribution in [2.45, 2.75) is 38.5 Å². The van der Waals surface area contributed by atoms with Crippen LogP contribution >= 0.6 is 0 Å². The molecule has 1 fully saturated rings. The van der Waals surface area contributed by atoms with E-state index >= 15 is 0 Å². The first-order valence-electron chi connectivity index (χ1n) is 7.40. The van der Waals surface area contributed by atoms with E-state index in [1.807, 2.05) is 4.57 Å². The first kappa shape index (κ1) is 14.2. The molecule has 0 radical (unpaired) electrons. The van der Waals surface area contributed by atoms with Crippen LogP contribution in [0.4, 0.5) is 5.82 Å². The van der Waals surface area contributed by atoms with Gasteiger partial charge in [-0.3, -0.25) is 0 Å². The van der Waals surface area contributed by atoms with E-state index in [1.165, 1.54) is 6.33 Å². The highest BCUT2D eigenvalue weighted by atomic mass is 16.5. The molecular weight excluding hydrogens is 268 g/mol. The molecule has 3 heterocycles. The lowest BCUT2D eigenvalue weighted by Crippen LogP contribution is -2.37. The number of hydrogen-bond donors (Lipinski definition) is 1. The predicted octanol–water partition coefficient (Wildman–Crippen LogP) is 0.908. The van der Waals surface area contributed by atoms with E-state index in [9.17, 15) is 0 Å². The zero-order chi connectivity index (χ0) is 14.8. The molecule has 0 saturated carbocycles. The number of anilines is 1. The molecule has 3 rings (SSSR count). The number of ether oxygens (including phenoxy) is 1. The molecule has 1 aliphatic heterocycles. The lowest BCUT2D eigenvalue weighted by atomic mass is 10.1. The van der Waals surface area contributed by atoms with Gasteiger partial charge in [-0.1, -0.05) is 0 Å². The minimum Gasteiger partial charge on any atom is -0.382 e.